The van der Waals surface area contributed by atoms with E-state index in [-0.39, 0.29) is 0 Å². The molecule has 0 heterocycles. The van der Waals surface area contributed by atoms with Crippen LogP contribution in [-0.2, 0) is 0 Å². The molecule has 0 N–H and O–H groups in total. The maximum atomic E-state index is 2.52. The minimum Gasteiger partial charge on any atom is -0.0853 e. The first kappa shape index (κ1) is 15.7. The molecule has 0 fully saturated rings. The Balaban J connectivity index is 3.50. The van der Waals surface area contributed by atoms with Gasteiger partial charge in [-0.15, -0.1) is 0 Å². The van der Waals surface area contributed by atoms with Crippen molar-refractivity contribution in [1.82, 2.24) is 0 Å². The molecule has 0 aliphatic rings. The van der Waals surface area contributed by atoms with E-state index >= 15 is 0 Å². The van der Waals surface area contributed by atoms with Gasteiger partial charge in [0.25, 0.3) is 0 Å². The van der Waals surface area contributed by atoms with Crippen LogP contribution in [0.15, 0.2) is 11.6 Å². The molecule has 0 saturated carbocycles. The quantitative estimate of drug-likeness (QED) is 0.287. The summed E-state index contributed by atoms with van der Waals surface area (Å²) in [5.41, 5.74) is 1.70. The number of hydrogen-bond acceptors (Lipinski definition) is 0. The first-order valence-corrected chi connectivity index (χ1v) is 7.53. The van der Waals surface area contributed by atoms with Crippen molar-refractivity contribution in [3.8, 4) is 0 Å². The summed E-state index contributed by atoms with van der Waals surface area (Å²) in [5, 5.41) is 0. The van der Waals surface area contributed by atoms with Crippen molar-refractivity contribution in [3.63, 3.8) is 0 Å². The summed E-state index contributed by atoms with van der Waals surface area (Å²) in [6, 6.07) is 0. The Morgan fingerprint density at radius 2 is 1.38 bits per heavy atom. The summed E-state index contributed by atoms with van der Waals surface area (Å²) in [5.74, 6) is 0. The minimum absolute atomic E-state index is 1.26. The Hall–Kier alpha value is -0.260. The zero-order chi connectivity index (χ0) is 12.1. The first-order chi connectivity index (χ1) is 7.85. The number of hydrogen-bond donors (Lipinski definition) is 0. The highest BCUT2D eigenvalue weighted by Crippen LogP contribution is 2.15. The Morgan fingerprint density at radius 3 is 1.94 bits per heavy atom. The van der Waals surface area contributed by atoms with Gasteiger partial charge in [-0.25, -0.2) is 0 Å². The van der Waals surface area contributed by atoms with Crippen molar-refractivity contribution in [1.29, 1.82) is 0 Å². The minimum atomic E-state index is 1.26. The van der Waals surface area contributed by atoms with Crippen LogP contribution in [0.25, 0.3) is 0 Å². The van der Waals surface area contributed by atoms with Gasteiger partial charge in [-0.1, -0.05) is 70.9 Å². The zero-order valence-corrected chi connectivity index (χ0v) is 11.9. The summed E-state index contributed by atoms with van der Waals surface area (Å²) >= 11 is 0. The highest BCUT2D eigenvalue weighted by atomic mass is 14.0. The van der Waals surface area contributed by atoms with Crippen LogP contribution < -0.4 is 0 Å². The van der Waals surface area contributed by atoms with Crippen LogP contribution in [0.3, 0.4) is 0 Å². The second kappa shape index (κ2) is 12.8. The first-order valence-electron chi connectivity index (χ1n) is 7.53. The van der Waals surface area contributed by atoms with Gasteiger partial charge in [-0.2, -0.15) is 0 Å². The van der Waals surface area contributed by atoms with Gasteiger partial charge in [0.05, 0.1) is 0 Å². The van der Waals surface area contributed by atoms with E-state index in [1.54, 1.807) is 5.57 Å². The molecule has 0 nitrogen and oxygen atoms in total. The largest absolute Gasteiger partial charge is 0.0853 e. The molecular weight excluding hydrogens is 192 g/mol. The molecule has 0 aliphatic heterocycles. The third-order valence-corrected chi connectivity index (χ3v) is 3.30. The highest BCUT2D eigenvalue weighted by molar-refractivity contribution is 5.00. The average Bonchev–Trinajstić information content (AvgIpc) is 2.31. The van der Waals surface area contributed by atoms with Crippen molar-refractivity contribution in [3.05, 3.63) is 11.6 Å². The molecule has 0 aromatic rings. The van der Waals surface area contributed by atoms with Crippen molar-refractivity contribution in [2.24, 2.45) is 0 Å². The van der Waals surface area contributed by atoms with E-state index in [1.807, 2.05) is 0 Å². The molecule has 0 aliphatic carbocycles. The molecule has 0 aromatic heterocycles. The maximum Gasteiger partial charge on any atom is -0.0320 e. The topological polar surface area (TPSA) is 0 Å². The molecule has 96 valence electrons. The van der Waals surface area contributed by atoms with Gasteiger partial charge in [-0.3, -0.25) is 0 Å². The third-order valence-electron chi connectivity index (χ3n) is 3.30. The van der Waals surface area contributed by atoms with Gasteiger partial charge in [-0.05, 0) is 32.1 Å². The van der Waals surface area contributed by atoms with E-state index in [4.69, 9.17) is 0 Å². The smallest absolute Gasteiger partial charge is 0.0320 e. The van der Waals surface area contributed by atoms with Gasteiger partial charge in [0.15, 0.2) is 0 Å². The van der Waals surface area contributed by atoms with Gasteiger partial charge in [0, 0.05) is 0 Å². The van der Waals surface area contributed by atoms with Crippen LogP contribution in [0.5, 0.6) is 0 Å². The molecule has 0 radical (unpaired) electrons. The summed E-state index contributed by atoms with van der Waals surface area (Å²) in [7, 11) is 0. The molecule has 0 heteroatoms. The number of unbranched alkanes of at least 4 members (excludes halogenated alkanes) is 7. The van der Waals surface area contributed by atoms with Crippen LogP contribution in [-0.4, -0.2) is 0 Å². The van der Waals surface area contributed by atoms with Crippen LogP contribution in [0.1, 0.15) is 91.4 Å². The summed E-state index contributed by atoms with van der Waals surface area (Å²) in [6.45, 7) is 6.86. The fourth-order valence-electron chi connectivity index (χ4n) is 2.08. The van der Waals surface area contributed by atoms with Gasteiger partial charge >= 0.3 is 0 Å². The highest BCUT2D eigenvalue weighted by Gasteiger charge is 1.95. The van der Waals surface area contributed by atoms with E-state index in [9.17, 15) is 0 Å². The molecule has 0 aromatic carbocycles. The Labute approximate surface area is 104 Å². The molecule has 0 unspecified atom stereocenters. The fraction of sp³-hybridized carbons (Fsp3) is 0.875. The second-order valence-electron chi connectivity index (χ2n) is 4.88. The van der Waals surface area contributed by atoms with E-state index in [0.29, 0.717) is 0 Å². The van der Waals surface area contributed by atoms with Crippen molar-refractivity contribution < 1.29 is 0 Å². The second-order valence-corrected chi connectivity index (χ2v) is 4.88. The van der Waals surface area contributed by atoms with E-state index in [0.717, 1.165) is 0 Å². The zero-order valence-electron chi connectivity index (χ0n) is 11.9. The molecule has 0 saturated heterocycles. The Bertz CT molecular complexity index is 155. The fourth-order valence-corrected chi connectivity index (χ4v) is 2.08. The Morgan fingerprint density at radius 1 is 0.750 bits per heavy atom. The third kappa shape index (κ3) is 10.3. The lowest BCUT2D eigenvalue weighted by Crippen LogP contribution is -1.84. The lowest BCUT2D eigenvalue weighted by Gasteiger charge is -2.04. The van der Waals surface area contributed by atoms with Crippen LogP contribution in [0, 0.1) is 0 Å². The van der Waals surface area contributed by atoms with E-state index < -0.39 is 0 Å². The molecule has 16 heavy (non-hydrogen) atoms. The number of allylic oxidation sites excluding steroid dienone is 2. The van der Waals surface area contributed by atoms with Crippen molar-refractivity contribution in [2.75, 3.05) is 0 Å². The van der Waals surface area contributed by atoms with Gasteiger partial charge < -0.3 is 0 Å². The molecule has 0 amide bonds. The van der Waals surface area contributed by atoms with E-state index in [2.05, 4.69) is 26.8 Å². The maximum absolute atomic E-state index is 2.52. The normalized spacial score (nSPS) is 12.1. The van der Waals surface area contributed by atoms with Gasteiger partial charge in [0.2, 0.25) is 0 Å². The molecule has 0 bridgehead atoms. The number of rotatable bonds is 11. The van der Waals surface area contributed by atoms with Crippen molar-refractivity contribution >= 4 is 0 Å². The lowest BCUT2D eigenvalue weighted by atomic mass is 10.0. The summed E-state index contributed by atoms with van der Waals surface area (Å²) in [6.07, 6.45) is 17.6. The molecular formula is C16H32. The van der Waals surface area contributed by atoms with Crippen LogP contribution >= 0.6 is 0 Å². The van der Waals surface area contributed by atoms with Crippen LogP contribution in [0.4, 0.5) is 0 Å². The standard InChI is InChI=1S/C16H32/c1-4-7-9-11-13-15-16(6-3)14-12-10-8-5-2/h15H,4-14H2,1-3H3/b16-15+. The summed E-state index contributed by atoms with van der Waals surface area (Å²) in [4.78, 5) is 0. The molecule has 0 rings (SSSR count). The monoisotopic (exact) mass is 224 g/mol. The molecule has 0 spiro atoms. The SMILES string of the molecule is CCCCCC/C=C(\CC)CCCCCC. The predicted molar refractivity (Wildman–Crippen MR) is 75.9 cm³/mol. The van der Waals surface area contributed by atoms with E-state index in [1.165, 1.54) is 70.6 Å². The molecule has 0 atom stereocenters. The predicted octanol–water partition coefficient (Wildman–Crippen LogP) is 6.26. The van der Waals surface area contributed by atoms with Crippen molar-refractivity contribution in [2.45, 2.75) is 91.4 Å². The van der Waals surface area contributed by atoms with Crippen LogP contribution in [0.2, 0.25) is 0 Å². The summed E-state index contributed by atoms with van der Waals surface area (Å²) < 4.78 is 0. The lowest BCUT2D eigenvalue weighted by molar-refractivity contribution is 0.649. The Kier molecular flexibility index (Phi) is 12.6. The van der Waals surface area contributed by atoms with Gasteiger partial charge in [0.1, 0.15) is 0 Å². The average molecular weight is 224 g/mol.